The Kier molecular flexibility index (Phi) is 8.24. The van der Waals surface area contributed by atoms with E-state index in [1.165, 1.54) is 0 Å². The number of hydrogen-bond donors (Lipinski definition) is 1. The number of ether oxygens (including phenoxy) is 1. The second kappa shape index (κ2) is 8.20. The van der Waals surface area contributed by atoms with E-state index in [1.807, 2.05) is 27.7 Å². The van der Waals surface area contributed by atoms with Crippen molar-refractivity contribution in [1.82, 2.24) is 5.09 Å². The maximum Gasteiger partial charge on any atom is 0.406 e. The summed E-state index contributed by atoms with van der Waals surface area (Å²) < 4.78 is 27.7. The molecule has 0 unspecified atom stereocenters. The normalized spacial score (nSPS) is 12.7. The second-order valence-electron chi connectivity index (χ2n) is 4.06. The summed E-state index contributed by atoms with van der Waals surface area (Å²) in [6.45, 7) is 8.47. The molecule has 0 aromatic heterocycles. The van der Waals surface area contributed by atoms with Crippen molar-refractivity contribution < 1.29 is 18.3 Å². The van der Waals surface area contributed by atoms with Crippen LogP contribution in [0.3, 0.4) is 0 Å². The zero-order chi connectivity index (χ0) is 12.6. The lowest BCUT2D eigenvalue weighted by molar-refractivity contribution is 0.134. The molecule has 0 heterocycles. The smallest absolute Gasteiger partial charge is 0.385 e. The minimum atomic E-state index is -3.18. The van der Waals surface area contributed by atoms with Crippen molar-refractivity contribution in [2.45, 2.75) is 46.3 Å². The third-order valence-electron chi connectivity index (χ3n) is 1.53. The molecule has 0 aliphatic rings. The van der Waals surface area contributed by atoms with Gasteiger partial charge in [0.25, 0.3) is 0 Å². The quantitative estimate of drug-likeness (QED) is 0.505. The van der Waals surface area contributed by atoms with Gasteiger partial charge in [-0.15, -0.1) is 0 Å². The van der Waals surface area contributed by atoms with Gasteiger partial charge in [0.05, 0.1) is 12.2 Å². The third-order valence-corrected chi connectivity index (χ3v) is 3.54. The first-order valence-electron chi connectivity index (χ1n) is 5.60. The Hall–Kier alpha value is 0.0700. The highest BCUT2D eigenvalue weighted by atomic mass is 31.2. The average molecular weight is 253 g/mol. The summed E-state index contributed by atoms with van der Waals surface area (Å²) in [5, 5.41) is 2.82. The summed E-state index contributed by atoms with van der Waals surface area (Å²) in [5.74, 6) is 0. The molecule has 0 saturated carbocycles. The lowest BCUT2D eigenvalue weighted by Gasteiger charge is -2.23. The molecule has 0 aliphatic heterocycles. The first kappa shape index (κ1) is 16.1. The molecule has 6 heteroatoms. The molecule has 1 N–H and O–H groups in total. The van der Waals surface area contributed by atoms with Gasteiger partial charge in [0.15, 0.2) is 0 Å². The van der Waals surface area contributed by atoms with Crippen LogP contribution in [0, 0.1) is 0 Å². The Morgan fingerprint density at radius 3 is 2.00 bits per heavy atom. The standard InChI is InChI=1S/C10H24NO4P/c1-9(2)14-16(12,15-10(3)4)11-7-6-8-13-5/h9-10H,6-8H2,1-5H3,(H,11,12). The van der Waals surface area contributed by atoms with E-state index >= 15 is 0 Å². The molecule has 0 radical (unpaired) electrons. The lowest BCUT2D eigenvalue weighted by Crippen LogP contribution is -2.21. The van der Waals surface area contributed by atoms with E-state index in [-0.39, 0.29) is 12.2 Å². The van der Waals surface area contributed by atoms with E-state index in [0.29, 0.717) is 13.2 Å². The molecule has 98 valence electrons. The molecule has 0 spiro atoms. The summed E-state index contributed by atoms with van der Waals surface area (Å²) in [6, 6.07) is 0. The Morgan fingerprint density at radius 2 is 1.62 bits per heavy atom. The zero-order valence-corrected chi connectivity index (χ0v) is 11.8. The highest BCUT2D eigenvalue weighted by molar-refractivity contribution is 7.51. The van der Waals surface area contributed by atoms with E-state index < -0.39 is 7.75 Å². The number of nitrogens with one attached hydrogen (secondary N) is 1. The van der Waals surface area contributed by atoms with E-state index in [0.717, 1.165) is 6.42 Å². The molecule has 0 saturated heterocycles. The first-order chi connectivity index (χ1) is 7.39. The monoisotopic (exact) mass is 253 g/mol. The predicted molar refractivity (Wildman–Crippen MR) is 64.5 cm³/mol. The molecule has 0 amide bonds. The molecule has 0 bridgehead atoms. The van der Waals surface area contributed by atoms with Crippen LogP contribution in [0.4, 0.5) is 0 Å². The Labute approximate surface area is 98.4 Å². The lowest BCUT2D eigenvalue weighted by atomic mass is 10.5. The van der Waals surface area contributed by atoms with Crippen LogP contribution in [0.1, 0.15) is 34.1 Å². The Balaban J connectivity index is 4.14. The van der Waals surface area contributed by atoms with Crippen LogP contribution in [0.5, 0.6) is 0 Å². The zero-order valence-electron chi connectivity index (χ0n) is 10.9. The van der Waals surface area contributed by atoms with Crippen LogP contribution in [-0.2, 0) is 18.3 Å². The largest absolute Gasteiger partial charge is 0.406 e. The molecule has 0 aliphatic carbocycles. The van der Waals surface area contributed by atoms with Gasteiger partial charge in [-0.25, -0.2) is 9.65 Å². The molecular weight excluding hydrogens is 229 g/mol. The highest BCUT2D eigenvalue weighted by Gasteiger charge is 2.26. The van der Waals surface area contributed by atoms with Crippen LogP contribution in [0.15, 0.2) is 0 Å². The Morgan fingerprint density at radius 1 is 1.12 bits per heavy atom. The van der Waals surface area contributed by atoms with E-state index in [9.17, 15) is 4.57 Å². The van der Waals surface area contributed by atoms with Crippen molar-refractivity contribution in [2.75, 3.05) is 20.3 Å². The van der Waals surface area contributed by atoms with Crippen LogP contribution in [-0.4, -0.2) is 32.5 Å². The van der Waals surface area contributed by atoms with Crippen molar-refractivity contribution in [1.29, 1.82) is 0 Å². The van der Waals surface area contributed by atoms with Gasteiger partial charge in [0.2, 0.25) is 0 Å². The van der Waals surface area contributed by atoms with Gasteiger partial charge >= 0.3 is 7.75 Å². The minimum absolute atomic E-state index is 0.139. The second-order valence-corrected chi connectivity index (χ2v) is 5.79. The van der Waals surface area contributed by atoms with Gasteiger partial charge in [-0.3, -0.25) is 9.05 Å². The van der Waals surface area contributed by atoms with Crippen LogP contribution >= 0.6 is 7.75 Å². The van der Waals surface area contributed by atoms with Crippen molar-refractivity contribution in [3.05, 3.63) is 0 Å². The van der Waals surface area contributed by atoms with Crippen molar-refractivity contribution in [2.24, 2.45) is 0 Å². The van der Waals surface area contributed by atoms with Gasteiger partial charge < -0.3 is 4.74 Å². The summed E-state index contributed by atoms with van der Waals surface area (Å²) in [6.07, 6.45) is 0.489. The topological polar surface area (TPSA) is 56.8 Å². The minimum Gasteiger partial charge on any atom is -0.385 e. The van der Waals surface area contributed by atoms with E-state index in [4.69, 9.17) is 13.8 Å². The first-order valence-corrected chi connectivity index (χ1v) is 7.15. The fourth-order valence-corrected chi connectivity index (χ4v) is 2.83. The average Bonchev–Trinajstić information content (AvgIpc) is 2.09. The highest BCUT2D eigenvalue weighted by Crippen LogP contribution is 2.45. The molecule has 5 nitrogen and oxygen atoms in total. The summed E-state index contributed by atoms with van der Waals surface area (Å²) in [4.78, 5) is 0. The molecule has 0 aromatic carbocycles. The Bertz CT molecular complexity index is 207. The van der Waals surface area contributed by atoms with Gasteiger partial charge in [-0.05, 0) is 34.1 Å². The van der Waals surface area contributed by atoms with Gasteiger partial charge in [-0.2, -0.15) is 0 Å². The van der Waals surface area contributed by atoms with E-state index in [2.05, 4.69) is 5.09 Å². The van der Waals surface area contributed by atoms with Crippen molar-refractivity contribution >= 4 is 7.75 Å². The maximum atomic E-state index is 12.2. The molecule has 16 heavy (non-hydrogen) atoms. The van der Waals surface area contributed by atoms with Crippen molar-refractivity contribution in [3.8, 4) is 0 Å². The SMILES string of the molecule is COCCCNP(=O)(OC(C)C)OC(C)C. The summed E-state index contributed by atoms with van der Waals surface area (Å²) in [7, 11) is -1.54. The van der Waals surface area contributed by atoms with Crippen LogP contribution in [0.25, 0.3) is 0 Å². The van der Waals surface area contributed by atoms with E-state index in [1.54, 1.807) is 7.11 Å². The molecule has 0 aromatic rings. The maximum absolute atomic E-state index is 12.2. The third kappa shape index (κ3) is 8.25. The van der Waals surface area contributed by atoms with Gasteiger partial charge in [0.1, 0.15) is 0 Å². The number of rotatable bonds is 9. The van der Waals surface area contributed by atoms with Crippen LogP contribution < -0.4 is 5.09 Å². The predicted octanol–water partition coefficient (Wildman–Crippen LogP) is 2.57. The molecule has 0 fully saturated rings. The fraction of sp³-hybridized carbons (Fsp3) is 1.00. The summed E-state index contributed by atoms with van der Waals surface area (Å²) >= 11 is 0. The molecular formula is C10H24NO4P. The van der Waals surface area contributed by atoms with Gasteiger partial charge in [0, 0.05) is 20.3 Å². The summed E-state index contributed by atoms with van der Waals surface area (Å²) in [5.41, 5.74) is 0. The molecule has 0 rings (SSSR count). The fourth-order valence-electron chi connectivity index (χ4n) is 1.09. The number of methoxy groups -OCH3 is 1. The molecule has 0 atom stereocenters. The number of hydrogen-bond acceptors (Lipinski definition) is 4. The van der Waals surface area contributed by atoms with Crippen molar-refractivity contribution in [3.63, 3.8) is 0 Å². The van der Waals surface area contributed by atoms with Crippen LogP contribution in [0.2, 0.25) is 0 Å². The van der Waals surface area contributed by atoms with Gasteiger partial charge in [-0.1, -0.05) is 0 Å².